The quantitative estimate of drug-likeness (QED) is 0.706. The first kappa shape index (κ1) is 15.2. The van der Waals surface area contributed by atoms with Gasteiger partial charge in [-0.2, -0.15) is 0 Å². The molecule has 0 aliphatic heterocycles. The van der Waals surface area contributed by atoms with Gasteiger partial charge in [0.25, 0.3) is 0 Å². The zero-order chi connectivity index (χ0) is 13.6. The Kier molecular flexibility index (Phi) is 5.84. The van der Waals surface area contributed by atoms with E-state index in [0.717, 1.165) is 0 Å². The first-order valence-electron chi connectivity index (χ1n) is 5.45. The van der Waals surface area contributed by atoms with E-state index >= 15 is 0 Å². The second-order valence-corrected chi connectivity index (χ2v) is 6.13. The van der Waals surface area contributed by atoms with Crippen molar-refractivity contribution in [1.82, 2.24) is 4.98 Å². The van der Waals surface area contributed by atoms with Gasteiger partial charge in [0, 0.05) is 38.5 Å². The third-order valence-electron chi connectivity index (χ3n) is 2.37. The van der Waals surface area contributed by atoms with Crippen LogP contribution in [0.15, 0.2) is 23.2 Å². The molecule has 1 aromatic heterocycles. The lowest BCUT2D eigenvalue weighted by molar-refractivity contribution is 0.205. The molecule has 1 heterocycles. The van der Waals surface area contributed by atoms with Gasteiger partial charge in [0.05, 0.1) is 6.61 Å². The molecule has 0 bridgehead atoms. The number of alkyl halides is 1. The highest BCUT2D eigenvalue weighted by atomic mass is 35.5. The Labute approximate surface area is 113 Å². The van der Waals surface area contributed by atoms with Crippen LogP contribution in [0.4, 0.5) is 5.82 Å². The van der Waals surface area contributed by atoms with Gasteiger partial charge in [-0.05, 0) is 12.1 Å². The summed E-state index contributed by atoms with van der Waals surface area (Å²) in [4.78, 5) is 6.18. The van der Waals surface area contributed by atoms with E-state index in [1.54, 1.807) is 25.4 Å². The Morgan fingerprint density at radius 2 is 2.17 bits per heavy atom. The van der Waals surface area contributed by atoms with Gasteiger partial charge in [0.2, 0.25) is 0 Å². The van der Waals surface area contributed by atoms with Crippen molar-refractivity contribution in [1.29, 1.82) is 0 Å². The number of aromatic nitrogens is 1. The van der Waals surface area contributed by atoms with Crippen LogP contribution in [0.1, 0.15) is 0 Å². The van der Waals surface area contributed by atoms with Gasteiger partial charge in [0.15, 0.2) is 9.84 Å². The minimum Gasteiger partial charge on any atom is -0.383 e. The highest BCUT2D eigenvalue weighted by Crippen LogP contribution is 2.21. The van der Waals surface area contributed by atoms with E-state index in [1.165, 1.54) is 6.26 Å². The Morgan fingerprint density at radius 1 is 1.44 bits per heavy atom. The number of ether oxygens (including phenoxy) is 1. The van der Waals surface area contributed by atoms with Gasteiger partial charge in [-0.1, -0.05) is 0 Å². The van der Waals surface area contributed by atoms with Crippen LogP contribution in [0.2, 0.25) is 0 Å². The van der Waals surface area contributed by atoms with Crippen LogP contribution >= 0.6 is 11.6 Å². The van der Waals surface area contributed by atoms with E-state index in [2.05, 4.69) is 4.98 Å². The minimum atomic E-state index is -3.31. The molecule has 0 saturated heterocycles. The molecule has 1 aromatic rings. The minimum absolute atomic E-state index is 0.214. The lowest BCUT2D eigenvalue weighted by Gasteiger charge is -2.24. The number of hydrogen-bond donors (Lipinski definition) is 0. The lowest BCUT2D eigenvalue weighted by atomic mass is 10.4. The fourth-order valence-corrected chi connectivity index (χ4v) is 2.58. The Morgan fingerprint density at radius 3 is 2.72 bits per heavy atom. The van der Waals surface area contributed by atoms with Crippen molar-refractivity contribution in [2.45, 2.75) is 4.90 Å². The normalized spacial score (nSPS) is 11.5. The molecular formula is C11H17ClN2O3S. The third kappa shape index (κ3) is 4.12. The van der Waals surface area contributed by atoms with Gasteiger partial charge in [-0.25, -0.2) is 13.4 Å². The summed E-state index contributed by atoms with van der Waals surface area (Å²) < 4.78 is 28.4. The average Bonchev–Trinajstić information content (AvgIpc) is 2.33. The summed E-state index contributed by atoms with van der Waals surface area (Å²) in [6, 6.07) is 3.15. The van der Waals surface area contributed by atoms with Crippen LogP contribution in [-0.4, -0.2) is 52.3 Å². The summed E-state index contributed by atoms with van der Waals surface area (Å²) in [5.74, 6) is 0.821. The largest absolute Gasteiger partial charge is 0.383 e. The summed E-state index contributed by atoms with van der Waals surface area (Å²) in [5, 5.41) is 0. The number of nitrogens with zero attached hydrogens (tertiary/aromatic N) is 2. The van der Waals surface area contributed by atoms with Gasteiger partial charge in [-0.15, -0.1) is 11.6 Å². The molecule has 0 spiro atoms. The summed E-state index contributed by atoms with van der Waals surface area (Å²) >= 11 is 5.73. The zero-order valence-electron chi connectivity index (χ0n) is 10.5. The van der Waals surface area contributed by atoms with Crippen molar-refractivity contribution in [2.24, 2.45) is 0 Å². The van der Waals surface area contributed by atoms with Crippen LogP contribution in [-0.2, 0) is 14.6 Å². The second kappa shape index (κ2) is 6.92. The molecule has 0 aliphatic carbocycles. The lowest BCUT2D eigenvalue weighted by Crippen LogP contribution is -2.31. The molecule has 5 nitrogen and oxygen atoms in total. The van der Waals surface area contributed by atoms with Gasteiger partial charge < -0.3 is 9.64 Å². The maximum absolute atomic E-state index is 11.7. The summed E-state index contributed by atoms with van der Waals surface area (Å²) in [6.45, 7) is 1.55. The van der Waals surface area contributed by atoms with Crippen LogP contribution < -0.4 is 4.90 Å². The van der Waals surface area contributed by atoms with E-state index in [9.17, 15) is 8.42 Å². The number of pyridine rings is 1. The van der Waals surface area contributed by atoms with Crippen molar-refractivity contribution in [3.05, 3.63) is 18.3 Å². The van der Waals surface area contributed by atoms with E-state index in [0.29, 0.717) is 31.4 Å². The highest BCUT2D eigenvalue weighted by molar-refractivity contribution is 7.90. The molecular weight excluding hydrogens is 276 g/mol. The predicted octanol–water partition coefficient (Wildman–Crippen LogP) is 1.18. The molecule has 0 aromatic carbocycles. The second-order valence-electron chi connectivity index (χ2n) is 3.77. The Balaban J connectivity index is 3.11. The van der Waals surface area contributed by atoms with Gasteiger partial charge in [-0.3, -0.25) is 0 Å². The van der Waals surface area contributed by atoms with Crippen molar-refractivity contribution in [2.75, 3.05) is 43.8 Å². The SMILES string of the molecule is COCCN(CCCl)c1ncccc1S(C)(=O)=O. The van der Waals surface area contributed by atoms with E-state index in [1.807, 2.05) is 4.90 Å². The molecule has 0 radical (unpaired) electrons. The molecule has 0 atom stereocenters. The molecule has 0 saturated carbocycles. The molecule has 1 rings (SSSR count). The van der Waals surface area contributed by atoms with Gasteiger partial charge >= 0.3 is 0 Å². The maximum atomic E-state index is 11.7. The van der Waals surface area contributed by atoms with E-state index in [4.69, 9.17) is 16.3 Å². The maximum Gasteiger partial charge on any atom is 0.179 e. The van der Waals surface area contributed by atoms with Crippen molar-refractivity contribution in [3.8, 4) is 0 Å². The van der Waals surface area contributed by atoms with Crippen molar-refractivity contribution < 1.29 is 13.2 Å². The summed E-state index contributed by atoms with van der Waals surface area (Å²) in [6.07, 6.45) is 2.74. The molecule has 18 heavy (non-hydrogen) atoms. The number of halogens is 1. The summed E-state index contributed by atoms with van der Waals surface area (Å²) in [7, 11) is -1.72. The standard InChI is InChI=1S/C11H17ClN2O3S/c1-17-9-8-14(7-5-12)11-10(18(2,15)16)4-3-6-13-11/h3-4,6H,5,7-9H2,1-2H3. The number of sulfone groups is 1. The molecule has 102 valence electrons. The molecule has 0 N–H and O–H groups in total. The van der Waals surface area contributed by atoms with E-state index in [-0.39, 0.29) is 4.90 Å². The zero-order valence-corrected chi connectivity index (χ0v) is 12.0. The first-order chi connectivity index (χ1) is 8.50. The first-order valence-corrected chi connectivity index (χ1v) is 7.88. The monoisotopic (exact) mass is 292 g/mol. The Hall–Kier alpha value is -0.850. The predicted molar refractivity (Wildman–Crippen MR) is 72.2 cm³/mol. The van der Waals surface area contributed by atoms with Gasteiger partial charge in [0.1, 0.15) is 10.7 Å². The van der Waals surface area contributed by atoms with Crippen molar-refractivity contribution in [3.63, 3.8) is 0 Å². The molecule has 7 heteroatoms. The van der Waals surface area contributed by atoms with Crippen molar-refractivity contribution >= 4 is 27.3 Å². The number of methoxy groups -OCH3 is 1. The van der Waals surface area contributed by atoms with Crippen LogP contribution in [0, 0.1) is 0 Å². The third-order valence-corrected chi connectivity index (χ3v) is 3.66. The van der Waals surface area contributed by atoms with Crippen LogP contribution in [0.3, 0.4) is 0 Å². The van der Waals surface area contributed by atoms with Crippen LogP contribution in [0.25, 0.3) is 0 Å². The highest BCUT2D eigenvalue weighted by Gasteiger charge is 2.18. The van der Waals surface area contributed by atoms with E-state index < -0.39 is 9.84 Å². The number of hydrogen-bond acceptors (Lipinski definition) is 5. The molecule has 0 aliphatic rings. The molecule has 0 amide bonds. The average molecular weight is 293 g/mol. The number of rotatable bonds is 7. The fourth-order valence-electron chi connectivity index (χ4n) is 1.54. The smallest absolute Gasteiger partial charge is 0.179 e. The van der Waals surface area contributed by atoms with Crippen LogP contribution in [0.5, 0.6) is 0 Å². The fraction of sp³-hybridized carbons (Fsp3) is 0.545. The molecule has 0 fully saturated rings. The Bertz CT molecular complexity index is 479. The summed E-state index contributed by atoms with van der Waals surface area (Å²) in [5.41, 5.74) is 0. The topological polar surface area (TPSA) is 59.5 Å². The number of anilines is 1. The molecule has 0 unspecified atom stereocenters.